The average Bonchev–Trinajstić information content (AvgIpc) is 3.40. The largest absolute Gasteiger partial charge is 0.387 e. The van der Waals surface area contributed by atoms with Gasteiger partial charge < -0.3 is 19.7 Å². The molecule has 6 rings (SSSR count). The van der Waals surface area contributed by atoms with Crippen LogP contribution in [-0.4, -0.2) is 79.5 Å². The van der Waals surface area contributed by atoms with E-state index in [1.165, 1.54) is 0 Å². The molecule has 0 aliphatic carbocycles. The molecule has 2 aliphatic rings. The average molecular weight is 624 g/mol. The summed E-state index contributed by atoms with van der Waals surface area (Å²) >= 11 is 3.50. The van der Waals surface area contributed by atoms with Gasteiger partial charge in [-0.3, -0.25) is 24.2 Å². The Bertz CT molecular complexity index is 1680. The third kappa shape index (κ3) is 5.31. The fourth-order valence-corrected chi connectivity index (χ4v) is 6.61. The zero-order valence-corrected chi connectivity index (χ0v) is 25.1. The Balaban J connectivity index is 1.28. The minimum absolute atomic E-state index is 0.0128. The number of rotatable bonds is 5. The molecule has 216 valence electrons. The summed E-state index contributed by atoms with van der Waals surface area (Å²) < 4.78 is 8.38. The standard InChI is InChI=1S/C30H35BrN6O4/c1-17-10-26-24(28-25(29(39)34-26)14-33-37(28)22-4-8-41-9-5-22)12-23(17)30(40)36-7-6-35(18(2)15-36)16-20-11-21(31)13-32-27(20)19(3)38/h10-14,18-19,22,38H,4-9,15-16H2,1-3H3,(H,34,39)/t18-,19?/m0/s1. The van der Waals surface area contributed by atoms with Gasteiger partial charge in [-0.25, -0.2) is 0 Å². The molecule has 0 saturated carbocycles. The van der Waals surface area contributed by atoms with Crippen LogP contribution in [-0.2, 0) is 11.3 Å². The second-order valence-corrected chi connectivity index (χ2v) is 12.2. The first kappa shape index (κ1) is 28.0. The number of carbonyl (C=O) groups is 1. The van der Waals surface area contributed by atoms with Crippen LogP contribution >= 0.6 is 15.9 Å². The first-order chi connectivity index (χ1) is 19.7. The Morgan fingerprint density at radius 3 is 2.71 bits per heavy atom. The number of hydrogen-bond acceptors (Lipinski definition) is 7. The SMILES string of the molecule is Cc1cc2[nH]c(=O)c3cnn(C4CCOCC4)c3c2cc1C(=O)N1CCN(Cc2cc(Br)cnc2C(C)O)[C@@H](C)C1. The lowest BCUT2D eigenvalue weighted by molar-refractivity contribution is 0.0491. The van der Waals surface area contributed by atoms with Gasteiger partial charge in [-0.15, -0.1) is 0 Å². The maximum absolute atomic E-state index is 13.9. The highest BCUT2D eigenvalue weighted by Gasteiger charge is 2.30. The summed E-state index contributed by atoms with van der Waals surface area (Å²) in [5, 5.41) is 16.2. The van der Waals surface area contributed by atoms with Gasteiger partial charge in [0.2, 0.25) is 0 Å². The summed E-state index contributed by atoms with van der Waals surface area (Å²) in [7, 11) is 0. The van der Waals surface area contributed by atoms with Crippen molar-refractivity contribution >= 4 is 43.6 Å². The molecule has 1 amide bonds. The molecule has 2 fully saturated rings. The number of halogens is 1. The van der Waals surface area contributed by atoms with Gasteiger partial charge in [0.25, 0.3) is 11.5 Å². The number of aryl methyl sites for hydroxylation is 1. The van der Waals surface area contributed by atoms with E-state index in [-0.39, 0.29) is 23.6 Å². The van der Waals surface area contributed by atoms with Crippen molar-refractivity contribution in [2.75, 3.05) is 32.8 Å². The quantitative estimate of drug-likeness (QED) is 0.344. The number of aromatic amines is 1. The van der Waals surface area contributed by atoms with Gasteiger partial charge in [0.15, 0.2) is 0 Å². The number of hydrogen-bond donors (Lipinski definition) is 2. The number of aliphatic hydroxyl groups excluding tert-OH is 1. The Labute approximate surface area is 246 Å². The summed E-state index contributed by atoms with van der Waals surface area (Å²) in [5.41, 5.74) is 4.43. The lowest BCUT2D eigenvalue weighted by Crippen LogP contribution is -2.53. The highest BCUT2D eigenvalue weighted by atomic mass is 79.9. The molecule has 2 aliphatic heterocycles. The van der Waals surface area contributed by atoms with Crippen molar-refractivity contribution in [2.45, 2.75) is 58.3 Å². The molecule has 0 radical (unpaired) electrons. The summed E-state index contributed by atoms with van der Waals surface area (Å²) in [6, 6.07) is 6.11. The number of amides is 1. The van der Waals surface area contributed by atoms with Crippen LogP contribution in [0.3, 0.4) is 0 Å². The zero-order chi connectivity index (χ0) is 28.8. The number of ether oxygens (including phenoxy) is 1. The van der Waals surface area contributed by atoms with Gasteiger partial charge in [0, 0.05) is 67.1 Å². The van der Waals surface area contributed by atoms with E-state index in [0.717, 1.165) is 39.3 Å². The zero-order valence-electron chi connectivity index (χ0n) is 23.6. The molecule has 2 N–H and O–H groups in total. The number of pyridine rings is 2. The molecule has 41 heavy (non-hydrogen) atoms. The van der Waals surface area contributed by atoms with Crippen molar-refractivity contribution in [3.63, 3.8) is 0 Å². The number of piperazine rings is 1. The monoisotopic (exact) mass is 622 g/mol. The predicted molar refractivity (Wildman–Crippen MR) is 160 cm³/mol. The summed E-state index contributed by atoms with van der Waals surface area (Å²) in [6.07, 6.45) is 4.35. The van der Waals surface area contributed by atoms with Crippen LogP contribution in [0, 0.1) is 6.92 Å². The van der Waals surface area contributed by atoms with E-state index in [0.29, 0.717) is 61.6 Å². The molecule has 2 atom stereocenters. The summed E-state index contributed by atoms with van der Waals surface area (Å²) in [5.74, 6) is -0.0128. The fraction of sp³-hybridized carbons (Fsp3) is 0.467. The third-order valence-corrected chi connectivity index (χ3v) is 8.90. The molecule has 4 aromatic rings. The molecule has 2 saturated heterocycles. The van der Waals surface area contributed by atoms with Crippen molar-refractivity contribution in [1.29, 1.82) is 0 Å². The predicted octanol–water partition coefficient (Wildman–Crippen LogP) is 4.10. The van der Waals surface area contributed by atoms with Crippen LogP contribution in [0.25, 0.3) is 21.8 Å². The van der Waals surface area contributed by atoms with Crippen molar-refractivity contribution in [3.8, 4) is 0 Å². The lowest BCUT2D eigenvalue weighted by Gasteiger charge is -2.40. The van der Waals surface area contributed by atoms with Gasteiger partial charge in [0.1, 0.15) is 0 Å². The van der Waals surface area contributed by atoms with Gasteiger partial charge in [-0.2, -0.15) is 5.10 Å². The molecule has 0 spiro atoms. The van der Waals surface area contributed by atoms with Crippen LogP contribution < -0.4 is 5.56 Å². The lowest BCUT2D eigenvalue weighted by atomic mass is 10.0. The van der Waals surface area contributed by atoms with E-state index >= 15 is 0 Å². The smallest absolute Gasteiger partial charge is 0.259 e. The molecular weight excluding hydrogens is 588 g/mol. The van der Waals surface area contributed by atoms with Crippen molar-refractivity contribution in [2.24, 2.45) is 0 Å². The minimum atomic E-state index is -0.656. The van der Waals surface area contributed by atoms with E-state index in [4.69, 9.17) is 4.74 Å². The van der Waals surface area contributed by atoms with Gasteiger partial charge in [-0.05, 0) is 78.9 Å². The second-order valence-electron chi connectivity index (χ2n) is 11.3. The molecule has 1 aromatic carbocycles. The van der Waals surface area contributed by atoms with Crippen LogP contribution in [0.5, 0.6) is 0 Å². The van der Waals surface area contributed by atoms with E-state index in [9.17, 15) is 14.7 Å². The van der Waals surface area contributed by atoms with Crippen molar-refractivity contribution in [3.05, 3.63) is 67.8 Å². The summed E-state index contributed by atoms with van der Waals surface area (Å²) in [6.45, 7) is 9.63. The van der Waals surface area contributed by atoms with Gasteiger partial charge >= 0.3 is 0 Å². The van der Waals surface area contributed by atoms with Gasteiger partial charge in [0.05, 0.1) is 40.5 Å². The number of H-pyrrole nitrogens is 1. The Hall–Kier alpha value is -3.12. The highest BCUT2D eigenvalue weighted by molar-refractivity contribution is 9.10. The number of carbonyl (C=O) groups excluding carboxylic acids is 1. The molecule has 0 bridgehead atoms. The molecular formula is C30H35BrN6O4. The maximum atomic E-state index is 13.9. The van der Waals surface area contributed by atoms with E-state index in [1.807, 2.05) is 34.7 Å². The Morgan fingerprint density at radius 2 is 1.98 bits per heavy atom. The second kappa shape index (κ2) is 11.3. The number of benzene rings is 1. The van der Waals surface area contributed by atoms with Crippen LogP contribution in [0.15, 0.2) is 39.9 Å². The number of nitrogens with zero attached hydrogens (tertiary/aromatic N) is 5. The van der Waals surface area contributed by atoms with Crippen LogP contribution in [0.1, 0.15) is 66.0 Å². The van der Waals surface area contributed by atoms with Crippen LogP contribution in [0.4, 0.5) is 0 Å². The van der Waals surface area contributed by atoms with Gasteiger partial charge in [-0.1, -0.05) is 0 Å². The first-order valence-corrected chi connectivity index (χ1v) is 15.0. The number of aliphatic hydroxyl groups is 1. The first-order valence-electron chi connectivity index (χ1n) is 14.2. The highest BCUT2D eigenvalue weighted by Crippen LogP contribution is 2.31. The number of aromatic nitrogens is 4. The van der Waals surface area contributed by atoms with Crippen molar-refractivity contribution in [1.82, 2.24) is 29.5 Å². The van der Waals surface area contributed by atoms with Crippen molar-refractivity contribution < 1.29 is 14.6 Å². The van der Waals surface area contributed by atoms with E-state index in [1.54, 1.807) is 19.3 Å². The van der Waals surface area contributed by atoms with E-state index in [2.05, 4.69) is 42.8 Å². The van der Waals surface area contributed by atoms with Crippen LogP contribution in [0.2, 0.25) is 0 Å². The Morgan fingerprint density at radius 1 is 1.20 bits per heavy atom. The maximum Gasteiger partial charge on any atom is 0.259 e. The molecule has 5 heterocycles. The molecule has 10 nitrogen and oxygen atoms in total. The molecule has 3 aromatic heterocycles. The Kier molecular flexibility index (Phi) is 7.71. The normalized spacial score (nSPS) is 19.7. The minimum Gasteiger partial charge on any atom is -0.387 e. The summed E-state index contributed by atoms with van der Waals surface area (Å²) in [4.78, 5) is 38.5. The topological polar surface area (TPSA) is 117 Å². The number of fused-ring (bicyclic) bond motifs is 3. The third-order valence-electron chi connectivity index (χ3n) is 8.46. The number of nitrogens with one attached hydrogen (secondary N) is 1. The van der Waals surface area contributed by atoms with E-state index < -0.39 is 6.10 Å². The fourth-order valence-electron chi connectivity index (χ4n) is 6.23. The molecule has 1 unspecified atom stereocenters. The molecule has 11 heteroatoms.